The summed E-state index contributed by atoms with van der Waals surface area (Å²) in [5.41, 5.74) is 0.0548. The number of hydrogen-bond acceptors (Lipinski definition) is 2. The van der Waals surface area contributed by atoms with Gasteiger partial charge in [0.05, 0.1) is 0 Å². The van der Waals surface area contributed by atoms with Crippen LogP contribution >= 0.6 is 0 Å². The van der Waals surface area contributed by atoms with Crippen molar-refractivity contribution in [2.24, 2.45) is 17.3 Å². The molecule has 0 heterocycles. The maximum atomic E-state index is 10.6. The summed E-state index contributed by atoms with van der Waals surface area (Å²) in [6, 6.07) is 0. The van der Waals surface area contributed by atoms with Gasteiger partial charge in [-0.05, 0) is 31.1 Å². The fourth-order valence-electron chi connectivity index (χ4n) is 3.65. The summed E-state index contributed by atoms with van der Waals surface area (Å²) in [7, 11) is 0. The van der Waals surface area contributed by atoms with Gasteiger partial charge in [0.1, 0.15) is 0 Å². The van der Waals surface area contributed by atoms with E-state index in [0.717, 1.165) is 31.1 Å². The molecule has 0 aromatic carbocycles. The van der Waals surface area contributed by atoms with Gasteiger partial charge in [0.25, 0.3) is 0 Å². The second-order valence-corrected chi connectivity index (χ2v) is 5.20. The molecule has 3 heteroatoms. The molecule has 80 valence electrons. The molecule has 3 atom stereocenters. The quantitative estimate of drug-likeness (QED) is 0.515. The minimum Gasteiger partial charge on any atom is -0.265 e. The molecule has 2 rings (SSSR count). The van der Waals surface area contributed by atoms with Crippen molar-refractivity contribution >= 4 is 0 Å². The van der Waals surface area contributed by atoms with Crippen LogP contribution in [0.2, 0.25) is 0 Å². The molecule has 0 aromatic heterocycles. The number of fused-ring (bicyclic) bond motifs is 1. The Balaban J connectivity index is 2.05. The first-order chi connectivity index (χ1) is 6.65. The Bertz CT molecular complexity index is 227. The van der Waals surface area contributed by atoms with E-state index in [9.17, 15) is 10.1 Å². The van der Waals surface area contributed by atoms with Crippen LogP contribution in [0.25, 0.3) is 0 Å². The van der Waals surface area contributed by atoms with E-state index < -0.39 is 0 Å². The first-order valence-corrected chi connectivity index (χ1v) is 5.77. The highest BCUT2D eigenvalue weighted by molar-refractivity contribution is 4.95. The SMILES string of the molecule is CC[C@@]1(C[N+](=O)[O-])C[C@H]2CCC[C@H]2C1. The standard InChI is InChI=1S/C11H19NO2/c1-2-11(8-12(13)14)6-9-4-3-5-10(9)7-11/h9-10H,2-8H2,1H3/t9-,10+,11-. The van der Waals surface area contributed by atoms with Crippen molar-refractivity contribution in [1.82, 2.24) is 0 Å². The Kier molecular flexibility index (Phi) is 2.50. The molecule has 0 spiro atoms. The monoisotopic (exact) mass is 197 g/mol. The van der Waals surface area contributed by atoms with Crippen LogP contribution in [0.1, 0.15) is 45.4 Å². The van der Waals surface area contributed by atoms with Gasteiger partial charge in [0.15, 0.2) is 0 Å². The van der Waals surface area contributed by atoms with Gasteiger partial charge in [-0.25, -0.2) is 0 Å². The molecule has 2 saturated carbocycles. The van der Waals surface area contributed by atoms with E-state index in [0.29, 0.717) is 0 Å². The normalized spacial score (nSPS) is 41.2. The topological polar surface area (TPSA) is 43.1 Å². The number of hydrogen-bond donors (Lipinski definition) is 0. The van der Waals surface area contributed by atoms with Gasteiger partial charge < -0.3 is 0 Å². The van der Waals surface area contributed by atoms with Gasteiger partial charge in [0.2, 0.25) is 6.54 Å². The number of nitrogens with zero attached hydrogens (tertiary/aromatic N) is 1. The molecular formula is C11H19NO2. The Morgan fingerprint density at radius 1 is 1.36 bits per heavy atom. The van der Waals surface area contributed by atoms with Crippen LogP contribution in [0.3, 0.4) is 0 Å². The van der Waals surface area contributed by atoms with Crippen molar-refractivity contribution in [1.29, 1.82) is 0 Å². The maximum absolute atomic E-state index is 10.6. The van der Waals surface area contributed by atoms with Crippen molar-refractivity contribution < 1.29 is 4.92 Å². The molecule has 0 aliphatic heterocycles. The van der Waals surface area contributed by atoms with Crippen molar-refractivity contribution in [3.8, 4) is 0 Å². The van der Waals surface area contributed by atoms with Crippen LogP contribution in [0, 0.1) is 27.4 Å². The minimum absolute atomic E-state index is 0.0548. The highest BCUT2D eigenvalue weighted by Crippen LogP contribution is 2.54. The zero-order chi connectivity index (χ0) is 10.2. The maximum Gasteiger partial charge on any atom is 0.209 e. The lowest BCUT2D eigenvalue weighted by atomic mass is 9.81. The molecule has 0 saturated heterocycles. The second kappa shape index (κ2) is 3.52. The van der Waals surface area contributed by atoms with Crippen LogP contribution in [-0.4, -0.2) is 11.5 Å². The lowest BCUT2D eigenvalue weighted by Gasteiger charge is -2.23. The molecule has 0 amide bonds. The molecule has 3 nitrogen and oxygen atoms in total. The van der Waals surface area contributed by atoms with Crippen LogP contribution in [0.5, 0.6) is 0 Å². The molecule has 0 unspecified atom stereocenters. The van der Waals surface area contributed by atoms with Crippen LogP contribution < -0.4 is 0 Å². The Labute approximate surface area is 85.0 Å². The predicted molar refractivity (Wildman–Crippen MR) is 54.7 cm³/mol. The summed E-state index contributed by atoms with van der Waals surface area (Å²) in [4.78, 5) is 10.5. The van der Waals surface area contributed by atoms with E-state index in [-0.39, 0.29) is 16.9 Å². The summed E-state index contributed by atoms with van der Waals surface area (Å²) in [6.07, 6.45) is 7.23. The van der Waals surface area contributed by atoms with Crippen LogP contribution in [0.15, 0.2) is 0 Å². The summed E-state index contributed by atoms with van der Waals surface area (Å²) in [6.45, 7) is 2.32. The zero-order valence-electron chi connectivity index (χ0n) is 8.87. The highest BCUT2D eigenvalue weighted by atomic mass is 16.6. The molecule has 14 heavy (non-hydrogen) atoms. The molecule has 0 bridgehead atoms. The molecule has 2 aliphatic rings. The van der Waals surface area contributed by atoms with Gasteiger partial charge >= 0.3 is 0 Å². The molecule has 0 aromatic rings. The van der Waals surface area contributed by atoms with Gasteiger partial charge in [-0.15, -0.1) is 0 Å². The molecular weight excluding hydrogens is 178 g/mol. The molecule has 0 N–H and O–H groups in total. The first kappa shape index (κ1) is 9.94. The smallest absolute Gasteiger partial charge is 0.209 e. The van der Waals surface area contributed by atoms with E-state index in [1.54, 1.807) is 0 Å². The van der Waals surface area contributed by atoms with Gasteiger partial charge in [-0.2, -0.15) is 0 Å². The third-order valence-electron chi connectivity index (χ3n) is 4.42. The largest absolute Gasteiger partial charge is 0.265 e. The summed E-state index contributed by atoms with van der Waals surface area (Å²) in [5.74, 6) is 1.63. The lowest BCUT2D eigenvalue weighted by Crippen LogP contribution is -2.27. The van der Waals surface area contributed by atoms with Crippen molar-refractivity contribution in [2.75, 3.05) is 6.54 Å². The summed E-state index contributed by atoms with van der Waals surface area (Å²) >= 11 is 0. The Morgan fingerprint density at radius 2 is 1.93 bits per heavy atom. The predicted octanol–water partition coefficient (Wildman–Crippen LogP) is 2.87. The number of nitro groups is 1. The molecule has 2 aliphatic carbocycles. The van der Waals surface area contributed by atoms with Gasteiger partial charge in [-0.1, -0.05) is 26.2 Å². The molecule has 2 fully saturated rings. The Morgan fingerprint density at radius 3 is 2.36 bits per heavy atom. The van der Waals surface area contributed by atoms with Crippen molar-refractivity contribution in [3.63, 3.8) is 0 Å². The molecule has 0 radical (unpaired) electrons. The van der Waals surface area contributed by atoms with Gasteiger partial charge in [0, 0.05) is 10.3 Å². The lowest BCUT2D eigenvalue weighted by molar-refractivity contribution is -0.497. The summed E-state index contributed by atoms with van der Waals surface area (Å²) < 4.78 is 0. The third-order valence-corrected chi connectivity index (χ3v) is 4.42. The van der Waals surface area contributed by atoms with Crippen LogP contribution in [-0.2, 0) is 0 Å². The van der Waals surface area contributed by atoms with Crippen LogP contribution in [0.4, 0.5) is 0 Å². The summed E-state index contributed by atoms with van der Waals surface area (Å²) in [5, 5.41) is 10.6. The van der Waals surface area contributed by atoms with Gasteiger partial charge in [-0.3, -0.25) is 10.1 Å². The average Bonchev–Trinajstić information content (AvgIpc) is 2.61. The minimum atomic E-state index is -0.107. The van der Waals surface area contributed by atoms with Crippen molar-refractivity contribution in [2.45, 2.75) is 45.4 Å². The zero-order valence-corrected chi connectivity index (χ0v) is 8.87. The highest BCUT2D eigenvalue weighted by Gasteiger charge is 2.48. The van der Waals surface area contributed by atoms with E-state index in [4.69, 9.17) is 0 Å². The van der Waals surface area contributed by atoms with E-state index >= 15 is 0 Å². The number of rotatable bonds is 3. The van der Waals surface area contributed by atoms with E-state index in [2.05, 4.69) is 6.92 Å². The van der Waals surface area contributed by atoms with E-state index in [1.165, 1.54) is 19.3 Å². The second-order valence-electron chi connectivity index (χ2n) is 5.20. The fourth-order valence-corrected chi connectivity index (χ4v) is 3.65. The average molecular weight is 197 g/mol. The van der Waals surface area contributed by atoms with Crippen molar-refractivity contribution in [3.05, 3.63) is 10.1 Å². The van der Waals surface area contributed by atoms with E-state index in [1.807, 2.05) is 0 Å². The first-order valence-electron chi connectivity index (χ1n) is 5.77. The Hall–Kier alpha value is -0.600. The third kappa shape index (κ3) is 1.64. The fraction of sp³-hybridized carbons (Fsp3) is 1.00.